The van der Waals surface area contributed by atoms with Crippen LogP contribution in [0.5, 0.6) is 0 Å². The molecule has 0 aliphatic heterocycles. The van der Waals surface area contributed by atoms with Crippen LogP contribution in [0.15, 0.2) is 0 Å². The third-order valence-corrected chi connectivity index (χ3v) is 5.53. The van der Waals surface area contributed by atoms with E-state index in [1.807, 2.05) is 0 Å². The Labute approximate surface area is 113 Å². The van der Waals surface area contributed by atoms with Gasteiger partial charge >= 0.3 is 0 Å². The molecule has 4 atom stereocenters. The quantitative estimate of drug-likeness (QED) is 0.739. The molecule has 2 rings (SSSR count). The fourth-order valence-corrected chi connectivity index (χ4v) is 4.53. The fraction of sp³-hybridized carbons (Fsp3) is 1.00. The first-order valence-corrected chi connectivity index (χ1v) is 7.94. The highest BCUT2D eigenvalue weighted by Crippen LogP contribution is 2.41. The van der Waals surface area contributed by atoms with Crippen LogP contribution >= 0.6 is 0 Å². The van der Waals surface area contributed by atoms with Crippen LogP contribution in [0.2, 0.25) is 0 Å². The summed E-state index contributed by atoms with van der Waals surface area (Å²) >= 11 is 0. The van der Waals surface area contributed by atoms with Crippen LogP contribution in [-0.2, 0) is 0 Å². The molecule has 0 aromatic heterocycles. The maximum absolute atomic E-state index is 6.14. The zero-order valence-electron chi connectivity index (χ0n) is 12.5. The summed E-state index contributed by atoms with van der Waals surface area (Å²) in [4.78, 5) is 0. The molecule has 4 unspecified atom stereocenters. The molecule has 2 aliphatic carbocycles. The monoisotopic (exact) mass is 252 g/mol. The molecule has 2 fully saturated rings. The second-order valence-corrected chi connectivity index (χ2v) is 7.67. The third kappa shape index (κ3) is 3.48. The van der Waals surface area contributed by atoms with Gasteiger partial charge in [0.15, 0.2) is 0 Å². The molecule has 0 spiro atoms. The summed E-state index contributed by atoms with van der Waals surface area (Å²) in [5.74, 6) is 4.19. The number of rotatable bonds is 2. The largest absolute Gasteiger partial charge is 0.313 e. The Morgan fingerprint density at radius 1 is 0.889 bits per heavy atom. The van der Waals surface area contributed by atoms with Crippen molar-refractivity contribution in [3.63, 3.8) is 0 Å². The SMILES string of the molecule is CC1CC(C)CC(CC2CCC(N)(N)C(C)C2)C1. The zero-order chi connectivity index (χ0) is 13.3. The van der Waals surface area contributed by atoms with Crippen LogP contribution in [0, 0.1) is 29.6 Å². The van der Waals surface area contributed by atoms with Gasteiger partial charge in [-0.2, -0.15) is 0 Å². The van der Waals surface area contributed by atoms with Gasteiger partial charge in [0.05, 0.1) is 5.66 Å². The van der Waals surface area contributed by atoms with Crippen molar-refractivity contribution in [1.29, 1.82) is 0 Å². The molecular formula is C16H32N2. The lowest BCUT2D eigenvalue weighted by Gasteiger charge is -2.42. The topological polar surface area (TPSA) is 52.0 Å². The summed E-state index contributed by atoms with van der Waals surface area (Å²) in [5.41, 5.74) is 11.9. The minimum Gasteiger partial charge on any atom is -0.313 e. The molecule has 2 saturated carbocycles. The number of nitrogens with two attached hydrogens (primary N) is 2. The summed E-state index contributed by atoms with van der Waals surface area (Å²) in [6.07, 6.45) is 9.26. The molecule has 0 aromatic carbocycles. The molecular weight excluding hydrogens is 220 g/mol. The smallest absolute Gasteiger partial charge is 0.0663 e. The van der Waals surface area contributed by atoms with E-state index in [0.717, 1.165) is 30.1 Å². The van der Waals surface area contributed by atoms with Gasteiger partial charge in [0, 0.05) is 0 Å². The molecule has 0 aromatic rings. The van der Waals surface area contributed by atoms with Gasteiger partial charge in [-0.05, 0) is 74.5 Å². The van der Waals surface area contributed by atoms with Crippen LogP contribution in [-0.4, -0.2) is 5.66 Å². The van der Waals surface area contributed by atoms with Crippen LogP contribution in [0.25, 0.3) is 0 Å². The van der Waals surface area contributed by atoms with Crippen LogP contribution < -0.4 is 11.5 Å². The van der Waals surface area contributed by atoms with Crippen molar-refractivity contribution < 1.29 is 0 Å². The predicted octanol–water partition coefficient (Wildman–Crippen LogP) is 3.50. The van der Waals surface area contributed by atoms with Crippen molar-refractivity contribution in [2.75, 3.05) is 0 Å². The lowest BCUT2D eigenvalue weighted by Crippen LogP contribution is -2.57. The van der Waals surface area contributed by atoms with Gasteiger partial charge < -0.3 is 11.5 Å². The molecule has 2 aliphatic rings. The molecule has 0 amide bonds. The first-order valence-electron chi connectivity index (χ1n) is 7.94. The third-order valence-electron chi connectivity index (χ3n) is 5.53. The van der Waals surface area contributed by atoms with Crippen LogP contribution in [0.4, 0.5) is 0 Å². The zero-order valence-corrected chi connectivity index (χ0v) is 12.5. The van der Waals surface area contributed by atoms with Gasteiger partial charge in [0.2, 0.25) is 0 Å². The van der Waals surface area contributed by atoms with E-state index in [1.165, 1.54) is 38.5 Å². The highest BCUT2D eigenvalue weighted by atomic mass is 15.0. The summed E-state index contributed by atoms with van der Waals surface area (Å²) in [7, 11) is 0. The average molecular weight is 252 g/mol. The Morgan fingerprint density at radius 3 is 2.06 bits per heavy atom. The van der Waals surface area contributed by atoms with Gasteiger partial charge in [-0.15, -0.1) is 0 Å². The Hall–Kier alpha value is -0.0800. The van der Waals surface area contributed by atoms with Crippen molar-refractivity contribution in [2.45, 2.75) is 71.4 Å². The molecule has 0 heterocycles. The minimum atomic E-state index is -0.399. The highest BCUT2D eigenvalue weighted by Gasteiger charge is 2.36. The van der Waals surface area contributed by atoms with Gasteiger partial charge in [-0.3, -0.25) is 0 Å². The summed E-state index contributed by atoms with van der Waals surface area (Å²) in [5, 5.41) is 0. The van der Waals surface area contributed by atoms with Gasteiger partial charge in [0.1, 0.15) is 0 Å². The van der Waals surface area contributed by atoms with Crippen molar-refractivity contribution in [2.24, 2.45) is 41.1 Å². The Bertz CT molecular complexity index is 264. The lowest BCUT2D eigenvalue weighted by molar-refractivity contribution is 0.119. The van der Waals surface area contributed by atoms with E-state index < -0.39 is 5.66 Å². The van der Waals surface area contributed by atoms with Crippen molar-refractivity contribution in [1.82, 2.24) is 0 Å². The van der Waals surface area contributed by atoms with E-state index in [-0.39, 0.29) is 0 Å². The van der Waals surface area contributed by atoms with Gasteiger partial charge in [-0.1, -0.05) is 20.8 Å². The van der Waals surface area contributed by atoms with E-state index >= 15 is 0 Å². The highest BCUT2D eigenvalue weighted by molar-refractivity contribution is 4.90. The second kappa shape index (κ2) is 5.50. The Kier molecular flexibility index (Phi) is 4.38. The van der Waals surface area contributed by atoms with E-state index in [2.05, 4.69) is 20.8 Å². The Balaban J connectivity index is 1.83. The normalized spacial score (nSPS) is 44.8. The number of hydrogen-bond acceptors (Lipinski definition) is 2. The molecule has 0 bridgehead atoms. The summed E-state index contributed by atoms with van der Waals surface area (Å²) in [6.45, 7) is 7.09. The first kappa shape index (κ1) is 14.3. The number of hydrogen-bond donors (Lipinski definition) is 2. The van der Waals surface area contributed by atoms with E-state index in [1.54, 1.807) is 0 Å². The fourth-order valence-electron chi connectivity index (χ4n) is 4.53. The minimum absolute atomic E-state index is 0.399. The standard InChI is InChI=1S/C16H32N2/c1-11-6-12(2)8-15(7-11)10-14-4-5-16(17,18)13(3)9-14/h11-15H,4-10,17-18H2,1-3H3. The van der Waals surface area contributed by atoms with E-state index in [4.69, 9.17) is 11.5 Å². The van der Waals surface area contributed by atoms with Gasteiger partial charge in [0.25, 0.3) is 0 Å². The molecule has 106 valence electrons. The lowest BCUT2D eigenvalue weighted by atomic mass is 9.68. The first-order chi connectivity index (χ1) is 8.37. The van der Waals surface area contributed by atoms with Crippen LogP contribution in [0.1, 0.15) is 65.7 Å². The summed E-state index contributed by atoms with van der Waals surface area (Å²) in [6, 6.07) is 0. The Morgan fingerprint density at radius 2 is 1.50 bits per heavy atom. The predicted molar refractivity (Wildman–Crippen MR) is 77.9 cm³/mol. The van der Waals surface area contributed by atoms with Crippen LogP contribution in [0.3, 0.4) is 0 Å². The van der Waals surface area contributed by atoms with Gasteiger partial charge in [-0.25, -0.2) is 0 Å². The maximum Gasteiger partial charge on any atom is 0.0663 e. The molecule has 2 heteroatoms. The van der Waals surface area contributed by atoms with Crippen molar-refractivity contribution >= 4 is 0 Å². The maximum atomic E-state index is 6.14. The van der Waals surface area contributed by atoms with Crippen molar-refractivity contribution in [3.05, 3.63) is 0 Å². The second-order valence-electron chi connectivity index (χ2n) is 7.67. The average Bonchev–Trinajstić information content (AvgIpc) is 2.22. The molecule has 4 N–H and O–H groups in total. The van der Waals surface area contributed by atoms with Crippen molar-refractivity contribution in [3.8, 4) is 0 Å². The molecule has 2 nitrogen and oxygen atoms in total. The molecule has 0 radical (unpaired) electrons. The molecule has 18 heavy (non-hydrogen) atoms. The summed E-state index contributed by atoms with van der Waals surface area (Å²) < 4.78 is 0. The molecule has 0 saturated heterocycles. The van der Waals surface area contributed by atoms with E-state index in [9.17, 15) is 0 Å². The van der Waals surface area contributed by atoms with E-state index in [0.29, 0.717) is 5.92 Å².